The van der Waals surface area contributed by atoms with E-state index in [2.05, 4.69) is 15.5 Å². The molecule has 0 bridgehead atoms. The zero-order chi connectivity index (χ0) is 15.1. The van der Waals surface area contributed by atoms with Gasteiger partial charge in [0.05, 0.1) is 18.8 Å². The van der Waals surface area contributed by atoms with Gasteiger partial charge in [-0.15, -0.1) is 5.10 Å². The van der Waals surface area contributed by atoms with Crippen molar-refractivity contribution in [1.82, 2.24) is 20.4 Å². The molecule has 0 aliphatic carbocycles. The Hall–Kier alpha value is -1.89. The van der Waals surface area contributed by atoms with E-state index in [9.17, 15) is 4.79 Å². The van der Waals surface area contributed by atoms with Gasteiger partial charge in [-0.3, -0.25) is 0 Å². The second-order valence-electron chi connectivity index (χ2n) is 5.07. The van der Waals surface area contributed by atoms with Gasteiger partial charge in [0.15, 0.2) is 0 Å². The number of aromatic nitrogens is 2. The Morgan fingerprint density at radius 1 is 1.48 bits per heavy atom. The number of ether oxygens (including phenoxy) is 2. The lowest BCUT2D eigenvalue weighted by Crippen LogP contribution is -2.49. The molecular weight excluding hydrogens is 272 g/mol. The smallest absolute Gasteiger partial charge is 0.317 e. The summed E-state index contributed by atoms with van der Waals surface area (Å²) in [5.41, 5.74) is 0.852. The highest BCUT2D eigenvalue weighted by atomic mass is 16.5. The standard InChI is InChI=1S/C14H22N4O3/c1-11-5-6-13(17-16-11)21-12-4-3-8-18(10-12)14(19)15-7-9-20-2/h5-6,12H,3-4,7-10H2,1-2H3,(H,15,19). The first-order valence-electron chi connectivity index (χ1n) is 7.17. The highest BCUT2D eigenvalue weighted by molar-refractivity contribution is 5.74. The summed E-state index contributed by atoms with van der Waals surface area (Å²) in [5.74, 6) is 0.507. The molecule has 21 heavy (non-hydrogen) atoms. The quantitative estimate of drug-likeness (QED) is 0.819. The molecule has 1 aliphatic heterocycles. The van der Waals surface area contributed by atoms with E-state index in [1.54, 1.807) is 18.1 Å². The van der Waals surface area contributed by atoms with Crippen LogP contribution >= 0.6 is 0 Å². The molecule has 1 atom stereocenters. The predicted molar refractivity (Wildman–Crippen MR) is 77.3 cm³/mol. The fraction of sp³-hybridized carbons (Fsp3) is 0.643. The minimum absolute atomic E-state index is 0.0380. The minimum atomic E-state index is -0.0738. The number of nitrogens with zero attached hydrogens (tertiary/aromatic N) is 3. The van der Waals surface area contributed by atoms with Crippen LogP contribution in [0.2, 0.25) is 0 Å². The molecule has 1 N–H and O–H groups in total. The van der Waals surface area contributed by atoms with E-state index in [1.165, 1.54) is 0 Å². The molecule has 7 heteroatoms. The Kier molecular flexibility index (Phi) is 5.74. The number of hydrogen-bond acceptors (Lipinski definition) is 5. The third-order valence-electron chi connectivity index (χ3n) is 3.31. The number of aryl methyl sites for hydroxylation is 1. The number of carbonyl (C=O) groups is 1. The van der Waals surface area contributed by atoms with Crippen LogP contribution < -0.4 is 10.1 Å². The van der Waals surface area contributed by atoms with Crippen LogP contribution in [0.5, 0.6) is 5.88 Å². The van der Waals surface area contributed by atoms with Crippen molar-refractivity contribution < 1.29 is 14.3 Å². The molecule has 1 fully saturated rings. The lowest BCUT2D eigenvalue weighted by Gasteiger charge is -2.32. The average Bonchev–Trinajstić information content (AvgIpc) is 2.50. The van der Waals surface area contributed by atoms with Crippen molar-refractivity contribution in [1.29, 1.82) is 0 Å². The maximum Gasteiger partial charge on any atom is 0.317 e. The topological polar surface area (TPSA) is 76.6 Å². The fourth-order valence-corrected chi connectivity index (χ4v) is 2.21. The van der Waals surface area contributed by atoms with Crippen molar-refractivity contribution in [3.8, 4) is 5.88 Å². The number of methoxy groups -OCH3 is 1. The second kappa shape index (κ2) is 7.78. The number of urea groups is 1. The summed E-state index contributed by atoms with van der Waals surface area (Å²) in [7, 11) is 1.61. The minimum Gasteiger partial charge on any atom is -0.471 e. The van der Waals surface area contributed by atoms with Crippen molar-refractivity contribution in [3.05, 3.63) is 17.8 Å². The van der Waals surface area contributed by atoms with Crippen LogP contribution in [-0.2, 0) is 4.74 Å². The molecule has 1 unspecified atom stereocenters. The van der Waals surface area contributed by atoms with Gasteiger partial charge in [0.1, 0.15) is 6.10 Å². The zero-order valence-electron chi connectivity index (χ0n) is 12.5. The van der Waals surface area contributed by atoms with Crippen LogP contribution in [0.15, 0.2) is 12.1 Å². The highest BCUT2D eigenvalue weighted by Gasteiger charge is 2.25. The Balaban J connectivity index is 1.82. The van der Waals surface area contributed by atoms with Crippen LogP contribution in [0.3, 0.4) is 0 Å². The van der Waals surface area contributed by atoms with Crippen molar-refractivity contribution in [2.75, 3.05) is 33.4 Å². The van der Waals surface area contributed by atoms with Gasteiger partial charge >= 0.3 is 6.03 Å². The first-order valence-corrected chi connectivity index (χ1v) is 7.17. The van der Waals surface area contributed by atoms with Gasteiger partial charge in [-0.2, -0.15) is 5.10 Å². The van der Waals surface area contributed by atoms with Crippen molar-refractivity contribution in [3.63, 3.8) is 0 Å². The summed E-state index contributed by atoms with van der Waals surface area (Å²) in [6.45, 7) is 4.22. The molecule has 1 aromatic rings. The first kappa shape index (κ1) is 15.5. The molecular formula is C14H22N4O3. The van der Waals surface area contributed by atoms with E-state index >= 15 is 0 Å². The fourth-order valence-electron chi connectivity index (χ4n) is 2.21. The maximum absolute atomic E-state index is 12.0. The summed E-state index contributed by atoms with van der Waals surface area (Å²) in [6.07, 6.45) is 1.79. The third kappa shape index (κ3) is 4.86. The summed E-state index contributed by atoms with van der Waals surface area (Å²) in [4.78, 5) is 13.8. The van der Waals surface area contributed by atoms with Gasteiger partial charge < -0.3 is 19.7 Å². The number of piperidine rings is 1. The lowest BCUT2D eigenvalue weighted by molar-refractivity contribution is 0.0959. The van der Waals surface area contributed by atoms with E-state index < -0.39 is 0 Å². The third-order valence-corrected chi connectivity index (χ3v) is 3.31. The Bertz CT molecular complexity index is 452. The molecule has 0 saturated carbocycles. The summed E-state index contributed by atoms with van der Waals surface area (Å²) < 4.78 is 10.7. The van der Waals surface area contributed by atoms with Crippen molar-refractivity contribution in [2.24, 2.45) is 0 Å². The van der Waals surface area contributed by atoms with Crippen LogP contribution in [0.4, 0.5) is 4.79 Å². The van der Waals surface area contributed by atoms with E-state index in [0.29, 0.717) is 25.6 Å². The van der Waals surface area contributed by atoms with Gasteiger partial charge in [-0.05, 0) is 25.8 Å². The van der Waals surface area contributed by atoms with Crippen LogP contribution in [0.1, 0.15) is 18.5 Å². The van der Waals surface area contributed by atoms with E-state index in [4.69, 9.17) is 9.47 Å². The summed E-state index contributed by atoms with van der Waals surface area (Å²) in [5, 5.41) is 10.8. The number of rotatable bonds is 5. The highest BCUT2D eigenvalue weighted by Crippen LogP contribution is 2.16. The van der Waals surface area contributed by atoms with Crippen molar-refractivity contribution in [2.45, 2.75) is 25.9 Å². The van der Waals surface area contributed by atoms with Gasteiger partial charge in [-0.1, -0.05) is 0 Å². The Morgan fingerprint density at radius 3 is 3.05 bits per heavy atom. The largest absolute Gasteiger partial charge is 0.471 e. The van der Waals surface area contributed by atoms with Crippen molar-refractivity contribution >= 4 is 6.03 Å². The van der Waals surface area contributed by atoms with Crippen LogP contribution in [-0.4, -0.2) is 60.6 Å². The summed E-state index contributed by atoms with van der Waals surface area (Å²) in [6, 6.07) is 3.59. The maximum atomic E-state index is 12.0. The Labute approximate surface area is 124 Å². The SMILES string of the molecule is COCCNC(=O)N1CCCC(Oc2ccc(C)nn2)C1. The molecule has 0 radical (unpaired) electrons. The van der Waals surface area contributed by atoms with Crippen LogP contribution in [0, 0.1) is 6.92 Å². The molecule has 0 aromatic carbocycles. The Morgan fingerprint density at radius 2 is 2.33 bits per heavy atom. The van der Waals surface area contributed by atoms with Gasteiger partial charge in [-0.25, -0.2) is 4.79 Å². The number of amides is 2. The number of nitrogens with one attached hydrogen (secondary N) is 1. The first-order chi connectivity index (χ1) is 10.2. The summed E-state index contributed by atoms with van der Waals surface area (Å²) >= 11 is 0. The van der Waals surface area contributed by atoms with Crippen LogP contribution in [0.25, 0.3) is 0 Å². The predicted octanol–water partition coefficient (Wildman–Crippen LogP) is 0.984. The normalized spacial score (nSPS) is 18.4. The monoisotopic (exact) mass is 294 g/mol. The molecule has 0 spiro atoms. The molecule has 2 rings (SSSR count). The average molecular weight is 294 g/mol. The van der Waals surface area contributed by atoms with E-state index in [0.717, 1.165) is 25.1 Å². The molecule has 1 aliphatic rings. The van der Waals surface area contributed by atoms with Gasteiger partial charge in [0.25, 0.3) is 0 Å². The molecule has 1 saturated heterocycles. The molecule has 2 amide bonds. The van der Waals surface area contributed by atoms with Gasteiger partial charge in [0, 0.05) is 26.3 Å². The number of hydrogen-bond donors (Lipinski definition) is 1. The lowest BCUT2D eigenvalue weighted by atomic mass is 10.1. The number of carbonyl (C=O) groups excluding carboxylic acids is 1. The molecule has 7 nitrogen and oxygen atoms in total. The zero-order valence-corrected chi connectivity index (χ0v) is 12.5. The number of likely N-dealkylation sites (tertiary alicyclic amines) is 1. The van der Waals surface area contributed by atoms with Gasteiger partial charge in [0.2, 0.25) is 5.88 Å². The molecule has 116 valence electrons. The van der Waals surface area contributed by atoms with E-state index in [-0.39, 0.29) is 12.1 Å². The second-order valence-corrected chi connectivity index (χ2v) is 5.07. The van der Waals surface area contributed by atoms with E-state index in [1.807, 2.05) is 13.0 Å². The molecule has 1 aromatic heterocycles. The molecule has 2 heterocycles.